The van der Waals surface area contributed by atoms with Gasteiger partial charge in [0.05, 0.1) is 16.8 Å². The van der Waals surface area contributed by atoms with Crippen molar-refractivity contribution >= 4 is 40.8 Å². The topological polar surface area (TPSA) is 114 Å². The minimum atomic E-state index is -0.766. The third-order valence-corrected chi connectivity index (χ3v) is 7.87. The highest BCUT2D eigenvalue weighted by Gasteiger charge is 2.51. The summed E-state index contributed by atoms with van der Waals surface area (Å²) in [6.07, 6.45) is 6.70. The number of amides is 4. The lowest BCUT2D eigenvalue weighted by Gasteiger charge is -2.56. The lowest BCUT2D eigenvalue weighted by Crippen LogP contribution is -2.62. The second kappa shape index (κ2) is 9.21. The zero-order chi connectivity index (χ0) is 23.7. The van der Waals surface area contributed by atoms with Crippen molar-refractivity contribution in [1.29, 1.82) is 0 Å². The summed E-state index contributed by atoms with van der Waals surface area (Å²) in [4.78, 5) is 49.7. The van der Waals surface area contributed by atoms with Crippen LogP contribution in [0.3, 0.4) is 0 Å². The molecule has 4 aliphatic rings. The highest BCUT2D eigenvalue weighted by Crippen LogP contribution is 2.55. The molecular weight excluding hydrogens is 454 g/mol. The summed E-state index contributed by atoms with van der Waals surface area (Å²) >= 11 is 1.39. The Morgan fingerprint density at radius 2 is 1.65 bits per heavy atom. The maximum absolute atomic E-state index is 12.6. The number of carbonyl (C=O) groups excluding carboxylic acids is 4. The molecule has 0 atom stereocenters. The van der Waals surface area contributed by atoms with E-state index in [1.165, 1.54) is 36.7 Å². The second-order valence-electron chi connectivity index (χ2n) is 9.79. The van der Waals surface area contributed by atoms with E-state index in [4.69, 9.17) is 4.74 Å². The number of para-hydroxylation sites is 1. The molecule has 4 amide bonds. The van der Waals surface area contributed by atoms with Gasteiger partial charge in [-0.25, -0.2) is 9.59 Å². The van der Waals surface area contributed by atoms with Crippen molar-refractivity contribution in [3.05, 3.63) is 52.2 Å². The average Bonchev–Trinajstić information content (AvgIpc) is 3.31. The van der Waals surface area contributed by atoms with Crippen molar-refractivity contribution in [1.82, 2.24) is 10.6 Å². The number of hydrogen-bond donors (Lipinski definition) is 3. The number of esters is 1. The number of anilines is 1. The van der Waals surface area contributed by atoms with Gasteiger partial charge in [0.1, 0.15) is 0 Å². The summed E-state index contributed by atoms with van der Waals surface area (Å²) in [5.41, 5.74) is 0.674. The van der Waals surface area contributed by atoms with E-state index in [0.717, 1.165) is 19.3 Å². The van der Waals surface area contributed by atoms with Crippen LogP contribution >= 0.6 is 11.3 Å². The van der Waals surface area contributed by atoms with Crippen LogP contribution < -0.4 is 16.0 Å². The number of rotatable bonds is 6. The molecular formula is C25H27N3O5S. The van der Waals surface area contributed by atoms with Gasteiger partial charge in [0, 0.05) is 10.9 Å². The molecule has 1 aromatic carbocycles. The number of urea groups is 1. The van der Waals surface area contributed by atoms with E-state index in [9.17, 15) is 19.2 Å². The molecule has 4 aliphatic carbocycles. The zero-order valence-corrected chi connectivity index (χ0v) is 19.5. The first-order valence-electron chi connectivity index (χ1n) is 11.6. The summed E-state index contributed by atoms with van der Waals surface area (Å²) in [6, 6.07) is 7.55. The highest BCUT2D eigenvalue weighted by molar-refractivity contribution is 7.08. The molecule has 0 unspecified atom stereocenters. The van der Waals surface area contributed by atoms with Crippen LogP contribution in [0.4, 0.5) is 10.5 Å². The van der Waals surface area contributed by atoms with Crippen molar-refractivity contribution < 1.29 is 23.9 Å². The molecule has 0 spiro atoms. The molecule has 1 heterocycles. The average molecular weight is 482 g/mol. The van der Waals surface area contributed by atoms with Gasteiger partial charge in [0.25, 0.3) is 11.8 Å². The Bertz CT molecular complexity index is 1080. The first-order valence-corrected chi connectivity index (χ1v) is 12.5. The van der Waals surface area contributed by atoms with E-state index in [1.54, 1.807) is 35.0 Å². The molecule has 8 nitrogen and oxygen atoms in total. The zero-order valence-electron chi connectivity index (χ0n) is 18.7. The molecule has 4 fully saturated rings. The third-order valence-electron chi connectivity index (χ3n) is 7.18. The Balaban J connectivity index is 1.13. The Labute approximate surface area is 201 Å². The van der Waals surface area contributed by atoms with Crippen LogP contribution in [0.5, 0.6) is 0 Å². The number of thiophene rings is 1. The van der Waals surface area contributed by atoms with Crippen LogP contribution in [0.25, 0.3) is 0 Å². The predicted octanol–water partition coefficient (Wildman–Crippen LogP) is 3.95. The maximum atomic E-state index is 12.6. The van der Waals surface area contributed by atoms with Crippen molar-refractivity contribution in [3.8, 4) is 0 Å². The van der Waals surface area contributed by atoms with Gasteiger partial charge in [-0.05, 0) is 79.9 Å². The standard InChI is InChI=1S/C25H27N3O5S/c29-21(27-24(32)28-25-10-15-7-16(11-25)9-17(8-15)12-25)13-33-23(31)19-3-1-2-4-20(19)26-22(30)18-5-6-34-14-18/h1-6,14-17H,7-13H2,(H,26,30)(H2,27,28,29,32). The molecule has 34 heavy (non-hydrogen) atoms. The van der Waals surface area contributed by atoms with Gasteiger partial charge in [-0.1, -0.05) is 12.1 Å². The van der Waals surface area contributed by atoms with Crippen LogP contribution in [0.15, 0.2) is 41.1 Å². The van der Waals surface area contributed by atoms with Gasteiger partial charge < -0.3 is 15.4 Å². The van der Waals surface area contributed by atoms with E-state index in [2.05, 4.69) is 16.0 Å². The molecule has 2 aromatic rings. The van der Waals surface area contributed by atoms with E-state index < -0.39 is 24.5 Å². The fraction of sp³-hybridized carbons (Fsp3) is 0.440. The van der Waals surface area contributed by atoms with Crippen LogP contribution in [0, 0.1) is 17.8 Å². The van der Waals surface area contributed by atoms with Gasteiger partial charge in [-0.2, -0.15) is 11.3 Å². The van der Waals surface area contributed by atoms with Gasteiger partial charge in [-0.15, -0.1) is 0 Å². The highest BCUT2D eigenvalue weighted by atomic mass is 32.1. The van der Waals surface area contributed by atoms with Crippen LogP contribution in [0.2, 0.25) is 0 Å². The molecule has 6 rings (SSSR count). The van der Waals surface area contributed by atoms with E-state index >= 15 is 0 Å². The Hall–Kier alpha value is -3.20. The third kappa shape index (κ3) is 4.84. The minimum Gasteiger partial charge on any atom is -0.452 e. The van der Waals surface area contributed by atoms with E-state index in [1.807, 2.05) is 0 Å². The lowest BCUT2D eigenvalue weighted by molar-refractivity contribution is -0.123. The van der Waals surface area contributed by atoms with Gasteiger partial charge in [0.15, 0.2) is 6.61 Å². The molecule has 4 bridgehead atoms. The first-order chi connectivity index (χ1) is 16.4. The van der Waals surface area contributed by atoms with Crippen LogP contribution in [-0.4, -0.2) is 36.0 Å². The fourth-order valence-corrected chi connectivity index (χ4v) is 6.90. The smallest absolute Gasteiger partial charge is 0.340 e. The van der Waals surface area contributed by atoms with Gasteiger partial charge >= 0.3 is 12.0 Å². The van der Waals surface area contributed by atoms with Gasteiger partial charge in [0.2, 0.25) is 0 Å². The van der Waals surface area contributed by atoms with Gasteiger partial charge in [-0.3, -0.25) is 14.9 Å². The number of imide groups is 1. The quantitative estimate of drug-likeness (QED) is 0.541. The SMILES string of the molecule is O=C(COC(=O)c1ccccc1NC(=O)c1ccsc1)NC(=O)NC12CC3CC(CC(C3)C1)C2. The maximum Gasteiger partial charge on any atom is 0.340 e. The number of carbonyl (C=O) groups is 4. The van der Waals surface area contributed by atoms with Crippen molar-refractivity contribution in [3.63, 3.8) is 0 Å². The normalized spacial score (nSPS) is 26.5. The summed E-state index contributed by atoms with van der Waals surface area (Å²) in [6.45, 7) is -0.597. The second-order valence-corrected chi connectivity index (χ2v) is 10.6. The number of ether oxygens (including phenoxy) is 1. The number of nitrogens with one attached hydrogen (secondary N) is 3. The molecule has 9 heteroatoms. The van der Waals surface area contributed by atoms with E-state index in [-0.39, 0.29) is 22.7 Å². The van der Waals surface area contributed by atoms with E-state index in [0.29, 0.717) is 23.3 Å². The Morgan fingerprint density at radius 1 is 0.971 bits per heavy atom. The molecule has 178 valence electrons. The number of benzene rings is 1. The first kappa shape index (κ1) is 22.6. The van der Waals surface area contributed by atoms with Crippen LogP contribution in [-0.2, 0) is 9.53 Å². The molecule has 0 radical (unpaired) electrons. The Kier molecular flexibility index (Phi) is 6.12. The van der Waals surface area contributed by atoms with Crippen LogP contribution in [0.1, 0.15) is 59.2 Å². The number of hydrogen-bond acceptors (Lipinski definition) is 6. The predicted molar refractivity (Wildman–Crippen MR) is 127 cm³/mol. The molecule has 4 saturated carbocycles. The summed E-state index contributed by atoms with van der Waals surface area (Å²) in [5, 5.41) is 11.5. The molecule has 0 saturated heterocycles. The largest absolute Gasteiger partial charge is 0.452 e. The molecule has 1 aromatic heterocycles. The summed E-state index contributed by atoms with van der Waals surface area (Å²) < 4.78 is 5.12. The minimum absolute atomic E-state index is 0.122. The monoisotopic (exact) mass is 481 g/mol. The van der Waals surface area contributed by atoms with Crippen molar-refractivity contribution in [2.45, 2.75) is 44.1 Å². The van der Waals surface area contributed by atoms with Crippen molar-refractivity contribution in [2.75, 3.05) is 11.9 Å². The fourth-order valence-electron chi connectivity index (χ4n) is 6.27. The molecule has 0 aliphatic heterocycles. The lowest BCUT2D eigenvalue weighted by atomic mass is 9.53. The molecule has 3 N–H and O–H groups in total. The summed E-state index contributed by atoms with van der Waals surface area (Å²) in [5.74, 6) is 0.198. The Morgan fingerprint density at radius 3 is 2.29 bits per heavy atom. The van der Waals surface area contributed by atoms with Crippen molar-refractivity contribution in [2.24, 2.45) is 17.8 Å². The summed E-state index contributed by atoms with van der Waals surface area (Å²) in [7, 11) is 0.